The molecule has 1 atom stereocenters. The fourth-order valence-electron chi connectivity index (χ4n) is 3.04. The molecule has 3 aromatic carbocycles. The van der Waals surface area contributed by atoms with Crippen LogP contribution in [0.4, 0.5) is 5.69 Å². The van der Waals surface area contributed by atoms with Crippen LogP contribution in [0, 0.1) is 0 Å². The van der Waals surface area contributed by atoms with Gasteiger partial charge < -0.3 is 14.5 Å². The Morgan fingerprint density at radius 2 is 1.69 bits per heavy atom. The van der Waals surface area contributed by atoms with Gasteiger partial charge in [-0.05, 0) is 55.5 Å². The van der Waals surface area contributed by atoms with Crippen LogP contribution in [0.2, 0.25) is 0 Å². The van der Waals surface area contributed by atoms with Gasteiger partial charge in [0, 0.05) is 28.3 Å². The van der Waals surface area contributed by atoms with Crippen molar-refractivity contribution in [2.24, 2.45) is 0 Å². The van der Waals surface area contributed by atoms with Crippen LogP contribution in [0.25, 0.3) is 21.9 Å². The highest BCUT2D eigenvalue weighted by Crippen LogP contribution is 2.32. The summed E-state index contributed by atoms with van der Waals surface area (Å²) in [5.41, 5.74) is 2.28. The lowest BCUT2D eigenvalue weighted by atomic mass is 10.1. The van der Waals surface area contributed by atoms with E-state index in [0.29, 0.717) is 5.75 Å². The zero-order chi connectivity index (χ0) is 20.4. The van der Waals surface area contributed by atoms with Crippen LogP contribution in [0.5, 0.6) is 5.75 Å². The van der Waals surface area contributed by atoms with Gasteiger partial charge in [-0.3, -0.25) is 9.59 Å². The third kappa shape index (κ3) is 4.27. The van der Waals surface area contributed by atoms with E-state index in [-0.39, 0.29) is 11.9 Å². The number of hydrogen-bond donors (Lipinski definition) is 1. The highest BCUT2D eigenvalue weighted by atomic mass is 32.2. The number of carbonyl (C=O) groups is 2. The second-order valence-electron chi connectivity index (χ2n) is 6.64. The van der Waals surface area contributed by atoms with Gasteiger partial charge in [-0.15, -0.1) is 11.8 Å². The van der Waals surface area contributed by atoms with Crippen LogP contribution in [0.3, 0.4) is 0 Å². The zero-order valence-electron chi connectivity index (χ0n) is 16.0. The lowest BCUT2D eigenvalue weighted by Crippen LogP contribution is -2.19. The maximum Gasteiger partial charge on any atom is 0.324 e. The van der Waals surface area contributed by atoms with Gasteiger partial charge in [-0.25, -0.2) is 0 Å². The van der Waals surface area contributed by atoms with Crippen molar-refractivity contribution in [3.8, 4) is 5.75 Å². The van der Waals surface area contributed by atoms with Crippen LogP contribution >= 0.6 is 11.8 Å². The van der Waals surface area contributed by atoms with Gasteiger partial charge in [0.15, 0.2) is 0 Å². The van der Waals surface area contributed by atoms with E-state index in [4.69, 9.17) is 9.15 Å². The van der Waals surface area contributed by atoms with Crippen LogP contribution < -0.4 is 10.1 Å². The van der Waals surface area contributed by atoms with Crippen molar-refractivity contribution in [1.82, 2.24) is 0 Å². The molecule has 0 radical (unpaired) electrons. The van der Waals surface area contributed by atoms with Gasteiger partial charge in [0.05, 0.1) is 0 Å². The minimum Gasteiger partial charge on any atom is -0.456 e. The maximum atomic E-state index is 12.5. The number of ether oxygens (including phenoxy) is 1. The number of para-hydroxylation sites is 1. The number of fused-ring (bicyclic) bond motifs is 3. The minimum absolute atomic E-state index is 0.121. The van der Waals surface area contributed by atoms with Crippen molar-refractivity contribution in [3.63, 3.8) is 0 Å². The summed E-state index contributed by atoms with van der Waals surface area (Å²) in [6.45, 7) is 3.27. The lowest BCUT2D eigenvalue weighted by Gasteiger charge is -2.11. The third-order valence-corrected chi connectivity index (χ3v) is 5.48. The fourth-order valence-corrected chi connectivity index (χ4v) is 3.89. The Hall–Kier alpha value is -3.25. The first-order valence-electron chi connectivity index (χ1n) is 9.17. The van der Waals surface area contributed by atoms with Gasteiger partial charge >= 0.3 is 5.97 Å². The number of carbonyl (C=O) groups excluding carboxylic acids is 2. The Morgan fingerprint density at radius 1 is 0.966 bits per heavy atom. The smallest absolute Gasteiger partial charge is 0.324 e. The van der Waals surface area contributed by atoms with Gasteiger partial charge in [0.2, 0.25) is 5.91 Å². The molecule has 1 aromatic heterocycles. The molecule has 1 heterocycles. The largest absolute Gasteiger partial charge is 0.456 e. The summed E-state index contributed by atoms with van der Waals surface area (Å²) in [5.74, 6) is 0.0420. The molecule has 0 spiro atoms. The molecule has 4 aromatic rings. The molecule has 1 amide bonds. The maximum absolute atomic E-state index is 12.5. The summed E-state index contributed by atoms with van der Waals surface area (Å²) in [4.78, 5) is 24.6. The molecule has 0 aliphatic heterocycles. The van der Waals surface area contributed by atoms with Gasteiger partial charge in [0.25, 0.3) is 0 Å². The van der Waals surface area contributed by atoms with Crippen LogP contribution in [0.1, 0.15) is 13.8 Å². The zero-order valence-corrected chi connectivity index (χ0v) is 16.8. The average Bonchev–Trinajstić information content (AvgIpc) is 3.07. The van der Waals surface area contributed by atoms with Crippen molar-refractivity contribution in [3.05, 3.63) is 66.7 Å². The Kier molecular flexibility index (Phi) is 5.27. The van der Waals surface area contributed by atoms with Crippen molar-refractivity contribution in [1.29, 1.82) is 0 Å². The first-order valence-corrected chi connectivity index (χ1v) is 10.0. The molecule has 0 aliphatic carbocycles. The molecule has 6 heteroatoms. The first kappa shape index (κ1) is 19.1. The van der Waals surface area contributed by atoms with E-state index in [9.17, 15) is 9.59 Å². The molecule has 146 valence electrons. The monoisotopic (exact) mass is 405 g/mol. The number of hydrogen-bond acceptors (Lipinski definition) is 5. The number of rotatable bonds is 5. The van der Waals surface area contributed by atoms with Crippen LogP contribution in [-0.2, 0) is 9.59 Å². The number of nitrogens with one attached hydrogen (secondary N) is 1. The second-order valence-corrected chi connectivity index (χ2v) is 8.06. The van der Waals surface area contributed by atoms with Crippen molar-refractivity contribution >= 4 is 51.3 Å². The van der Waals surface area contributed by atoms with Gasteiger partial charge in [-0.1, -0.05) is 18.2 Å². The summed E-state index contributed by atoms with van der Waals surface area (Å²) in [6.07, 6.45) is 0. The Labute approximate surface area is 172 Å². The average molecular weight is 405 g/mol. The molecule has 0 aliphatic rings. The number of amides is 1. The first-order chi connectivity index (χ1) is 14.0. The molecule has 1 unspecified atom stereocenters. The summed E-state index contributed by atoms with van der Waals surface area (Å²) in [5, 5.41) is 4.23. The van der Waals surface area contributed by atoms with E-state index < -0.39 is 5.25 Å². The fraction of sp³-hybridized carbons (Fsp3) is 0.130. The third-order valence-electron chi connectivity index (χ3n) is 4.39. The predicted molar refractivity (Wildman–Crippen MR) is 115 cm³/mol. The minimum atomic E-state index is -0.390. The molecule has 1 N–H and O–H groups in total. The van der Waals surface area contributed by atoms with Crippen molar-refractivity contribution in [2.45, 2.75) is 24.0 Å². The molecule has 0 fully saturated rings. The highest BCUT2D eigenvalue weighted by molar-refractivity contribution is 8.00. The molecule has 0 saturated heterocycles. The predicted octanol–water partition coefficient (Wildman–Crippen LogP) is 5.63. The molecule has 5 nitrogen and oxygen atoms in total. The van der Waals surface area contributed by atoms with Gasteiger partial charge in [-0.2, -0.15) is 0 Å². The molecular formula is C23H19NO4S. The molecule has 4 rings (SSSR count). The standard InChI is InChI=1S/C23H19NO4S/c1-14(29-18-10-7-16(8-11-18)24-15(2)25)23(26)27-17-9-12-22-20(13-17)19-5-3-4-6-21(19)28-22/h3-14H,1-2H3,(H,24,25). The lowest BCUT2D eigenvalue weighted by molar-refractivity contribution is -0.133. The Bertz CT molecular complexity index is 1200. The molecule has 0 bridgehead atoms. The number of esters is 1. The normalized spacial score (nSPS) is 12.1. The SMILES string of the molecule is CC(=O)Nc1ccc(SC(C)C(=O)Oc2ccc3oc4ccccc4c3c2)cc1. The van der Waals surface area contributed by atoms with E-state index in [1.807, 2.05) is 48.5 Å². The number of benzene rings is 3. The topological polar surface area (TPSA) is 68.5 Å². The second kappa shape index (κ2) is 8.01. The summed E-state index contributed by atoms with van der Waals surface area (Å²) >= 11 is 1.40. The van der Waals surface area contributed by atoms with E-state index in [2.05, 4.69) is 5.32 Å². The van der Waals surface area contributed by atoms with E-state index in [1.165, 1.54) is 18.7 Å². The molecular weight excluding hydrogens is 386 g/mol. The van der Waals surface area contributed by atoms with Crippen LogP contribution in [0.15, 0.2) is 76.0 Å². The number of furan rings is 1. The van der Waals surface area contributed by atoms with Crippen LogP contribution in [-0.4, -0.2) is 17.1 Å². The number of thioether (sulfide) groups is 1. The quantitative estimate of drug-likeness (QED) is 0.265. The van der Waals surface area contributed by atoms with E-state index in [1.54, 1.807) is 25.1 Å². The Balaban J connectivity index is 1.45. The number of anilines is 1. The Morgan fingerprint density at radius 3 is 2.45 bits per heavy atom. The summed E-state index contributed by atoms with van der Waals surface area (Å²) < 4.78 is 11.4. The highest BCUT2D eigenvalue weighted by Gasteiger charge is 2.18. The van der Waals surface area contributed by atoms with E-state index in [0.717, 1.165) is 32.5 Å². The van der Waals surface area contributed by atoms with E-state index >= 15 is 0 Å². The molecule has 0 saturated carbocycles. The van der Waals surface area contributed by atoms with Crippen molar-refractivity contribution in [2.75, 3.05) is 5.32 Å². The molecule has 29 heavy (non-hydrogen) atoms. The summed E-state index contributed by atoms with van der Waals surface area (Å²) in [6, 6.07) is 20.5. The van der Waals surface area contributed by atoms with Crippen molar-refractivity contribution < 1.29 is 18.7 Å². The van der Waals surface area contributed by atoms with Gasteiger partial charge in [0.1, 0.15) is 22.2 Å². The summed E-state index contributed by atoms with van der Waals surface area (Å²) in [7, 11) is 0.